The lowest BCUT2D eigenvalue weighted by Crippen LogP contribution is -2.46. The molecule has 0 rings (SSSR count). The molecule has 352 valence electrons. The van der Waals surface area contributed by atoms with Crippen molar-refractivity contribution in [2.24, 2.45) is 0 Å². The van der Waals surface area contributed by atoms with Gasteiger partial charge < -0.3 is 20.3 Å². The summed E-state index contributed by atoms with van der Waals surface area (Å²) in [5.74, 6) is -0.595. The predicted octanol–water partition coefficient (Wildman–Crippen LogP) is 15.4. The third-order valence-corrected chi connectivity index (χ3v) is 11.4. The number of ether oxygens (including phenoxy) is 1. The number of unbranched alkanes of at least 4 members (excludes halogenated alkanes) is 24. The van der Waals surface area contributed by atoms with E-state index in [1.165, 1.54) is 122 Å². The van der Waals surface area contributed by atoms with Gasteiger partial charge in [0.2, 0.25) is 5.91 Å². The minimum atomic E-state index is -0.809. The molecule has 0 aromatic rings. The first-order valence-corrected chi connectivity index (χ1v) is 25.7. The van der Waals surface area contributed by atoms with Gasteiger partial charge in [-0.15, -0.1) is 0 Å². The van der Waals surface area contributed by atoms with E-state index in [2.05, 4.69) is 86.8 Å². The van der Waals surface area contributed by atoms with E-state index < -0.39 is 18.2 Å². The van der Waals surface area contributed by atoms with Crippen LogP contribution in [0.1, 0.15) is 239 Å². The summed E-state index contributed by atoms with van der Waals surface area (Å²) in [5, 5.41) is 23.7. The van der Waals surface area contributed by atoms with Crippen LogP contribution >= 0.6 is 0 Å². The number of esters is 1. The van der Waals surface area contributed by atoms with Crippen LogP contribution in [0.15, 0.2) is 72.9 Å². The number of hydrogen-bond acceptors (Lipinski definition) is 5. The number of nitrogens with one attached hydrogen (secondary N) is 1. The molecule has 0 aliphatic rings. The van der Waals surface area contributed by atoms with Gasteiger partial charge in [0.25, 0.3) is 0 Å². The highest BCUT2D eigenvalue weighted by molar-refractivity contribution is 5.77. The molecule has 0 saturated heterocycles. The van der Waals surface area contributed by atoms with E-state index in [9.17, 15) is 19.8 Å². The number of carbonyl (C=O) groups excluding carboxylic acids is 2. The fourth-order valence-electron chi connectivity index (χ4n) is 7.44. The quantitative estimate of drug-likeness (QED) is 0.0245. The molecule has 3 N–H and O–H groups in total. The van der Waals surface area contributed by atoms with Crippen LogP contribution in [0.2, 0.25) is 0 Å². The first-order valence-electron chi connectivity index (χ1n) is 25.7. The molecule has 0 aliphatic heterocycles. The number of hydrogen-bond donors (Lipinski definition) is 3. The number of carbonyl (C=O) groups is 2. The summed E-state index contributed by atoms with van der Waals surface area (Å²) in [6, 6.07) is -0.727. The van der Waals surface area contributed by atoms with E-state index in [1.807, 2.05) is 12.2 Å². The van der Waals surface area contributed by atoms with Crippen LogP contribution in [0.4, 0.5) is 0 Å². The molecule has 6 heteroatoms. The fraction of sp³-hybridized carbons (Fsp3) is 0.745. The standard InChI is InChI=1S/C55H97NO5/c1-4-7-10-13-16-19-22-25-26-27-30-31-34-37-40-43-46-51(61-55(60)48-45-42-39-36-33-29-24-21-18-15-12-9-6-3)49-54(59)56-52(50-57)53(58)47-44-41-38-35-32-28-23-20-17-14-11-8-5-2/h16,19,22,25-27,29-31,33,39,42,51-53,57-58H,4-15,17-18,20-21,23-24,28,32,34-38,40-41,43-50H2,1-3H3,(H,56,59)/b19-16+,25-22+,27-26+,31-30+,33-29-,42-39+. The Morgan fingerprint density at radius 2 is 0.902 bits per heavy atom. The topological polar surface area (TPSA) is 95.9 Å². The minimum absolute atomic E-state index is 0.0269. The molecule has 0 spiro atoms. The van der Waals surface area contributed by atoms with Gasteiger partial charge in [-0.2, -0.15) is 0 Å². The lowest BCUT2D eigenvalue weighted by molar-refractivity contribution is -0.150. The van der Waals surface area contributed by atoms with E-state index in [4.69, 9.17) is 4.74 Å². The highest BCUT2D eigenvalue weighted by Gasteiger charge is 2.24. The summed E-state index contributed by atoms with van der Waals surface area (Å²) in [5.41, 5.74) is 0. The van der Waals surface area contributed by atoms with Gasteiger partial charge in [0, 0.05) is 6.42 Å². The van der Waals surface area contributed by atoms with Crippen LogP contribution < -0.4 is 5.32 Å². The zero-order valence-electron chi connectivity index (χ0n) is 40.0. The highest BCUT2D eigenvalue weighted by Crippen LogP contribution is 2.17. The molecule has 0 fully saturated rings. The molecule has 1 amide bonds. The van der Waals surface area contributed by atoms with E-state index in [0.717, 1.165) is 64.2 Å². The van der Waals surface area contributed by atoms with E-state index in [-0.39, 0.29) is 31.3 Å². The second-order valence-corrected chi connectivity index (χ2v) is 17.3. The molecule has 6 nitrogen and oxygen atoms in total. The summed E-state index contributed by atoms with van der Waals surface area (Å²) >= 11 is 0. The summed E-state index contributed by atoms with van der Waals surface area (Å²) < 4.78 is 5.87. The molecule has 0 aliphatic carbocycles. The van der Waals surface area contributed by atoms with Crippen LogP contribution in [0.25, 0.3) is 0 Å². The molecular formula is C55H97NO5. The average molecular weight is 852 g/mol. The maximum absolute atomic E-state index is 13.2. The van der Waals surface area contributed by atoms with Crippen molar-refractivity contribution in [1.82, 2.24) is 5.32 Å². The SMILES string of the molecule is CCCCC/C=C/C=C/C=C/C=C/CCCCCC(CC(=O)NC(CO)C(O)CCCCCCCCCCCCCCC)OC(=O)CC/C=C/C/C=C\CCCCCCCC. The van der Waals surface area contributed by atoms with Gasteiger partial charge in [-0.25, -0.2) is 0 Å². The fourth-order valence-corrected chi connectivity index (χ4v) is 7.44. The maximum atomic E-state index is 13.2. The smallest absolute Gasteiger partial charge is 0.306 e. The summed E-state index contributed by atoms with van der Waals surface area (Å²) in [6.07, 6.45) is 61.1. The van der Waals surface area contributed by atoms with E-state index in [1.54, 1.807) is 0 Å². The van der Waals surface area contributed by atoms with Gasteiger partial charge in [-0.3, -0.25) is 9.59 Å². The number of aliphatic hydroxyl groups excluding tert-OH is 2. The second kappa shape index (κ2) is 48.3. The van der Waals surface area contributed by atoms with Crippen molar-refractivity contribution < 1.29 is 24.5 Å². The van der Waals surface area contributed by atoms with E-state index >= 15 is 0 Å². The Bertz CT molecular complexity index is 1140. The van der Waals surface area contributed by atoms with Crippen molar-refractivity contribution in [3.05, 3.63) is 72.9 Å². The van der Waals surface area contributed by atoms with Gasteiger partial charge in [0.1, 0.15) is 6.10 Å². The third-order valence-electron chi connectivity index (χ3n) is 11.4. The molecule has 0 bridgehead atoms. The van der Waals surface area contributed by atoms with Gasteiger partial charge in [0.05, 0.1) is 25.2 Å². The van der Waals surface area contributed by atoms with Crippen molar-refractivity contribution in [1.29, 1.82) is 0 Å². The lowest BCUT2D eigenvalue weighted by Gasteiger charge is -2.24. The van der Waals surface area contributed by atoms with Gasteiger partial charge in [-0.05, 0) is 70.6 Å². The van der Waals surface area contributed by atoms with Crippen LogP contribution in [-0.2, 0) is 14.3 Å². The molecule has 0 heterocycles. The highest BCUT2D eigenvalue weighted by atomic mass is 16.5. The molecular weight excluding hydrogens is 755 g/mol. The third kappa shape index (κ3) is 43.7. The zero-order valence-corrected chi connectivity index (χ0v) is 40.0. The normalized spacial score (nSPS) is 13.9. The monoisotopic (exact) mass is 852 g/mol. The van der Waals surface area contributed by atoms with Crippen molar-refractivity contribution >= 4 is 11.9 Å². The van der Waals surface area contributed by atoms with E-state index in [0.29, 0.717) is 19.3 Å². The summed E-state index contributed by atoms with van der Waals surface area (Å²) in [7, 11) is 0. The van der Waals surface area contributed by atoms with Crippen LogP contribution in [-0.4, -0.2) is 46.9 Å². The molecule has 0 aromatic heterocycles. The number of aliphatic hydroxyl groups is 2. The largest absolute Gasteiger partial charge is 0.462 e. The summed E-state index contributed by atoms with van der Waals surface area (Å²) in [4.78, 5) is 26.1. The van der Waals surface area contributed by atoms with Crippen molar-refractivity contribution in [3.63, 3.8) is 0 Å². The first kappa shape index (κ1) is 58.3. The lowest BCUT2D eigenvalue weighted by atomic mass is 10.0. The predicted molar refractivity (Wildman–Crippen MR) is 264 cm³/mol. The Morgan fingerprint density at radius 3 is 1.44 bits per heavy atom. The van der Waals surface area contributed by atoms with Crippen molar-refractivity contribution in [2.45, 2.75) is 257 Å². The Morgan fingerprint density at radius 1 is 0.492 bits per heavy atom. The van der Waals surface area contributed by atoms with Gasteiger partial charge >= 0.3 is 5.97 Å². The Kier molecular flexibility index (Phi) is 46.2. The molecule has 0 aromatic carbocycles. The second-order valence-electron chi connectivity index (χ2n) is 17.3. The average Bonchev–Trinajstić information content (AvgIpc) is 3.25. The van der Waals surface area contributed by atoms with Crippen LogP contribution in [0, 0.1) is 0 Å². The van der Waals surface area contributed by atoms with Crippen LogP contribution in [0.5, 0.6) is 0 Å². The number of allylic oxidation sites excluding steroid dienone is 12. The molecule has 0 saturated carbocycles. The minimum Gasteiger partial charge on any atom is -0.462 e. The van der Waals surface area contributed by atoms with Crippen molar-refractivity contribution in [2.75, 3.05) is 6.61 Å². The Hall–Kier alpha value is -2.70. The van der Waals surface area contributed by atoms with Crippen molar-refractivity contribution in [3.8, 4) is 0 Å². The zero-order chi connectivity index (χ0) is 44.5. The van der Waals surface area contributed by atoms with Crippen LogP contribution in [0.3, 0.4) is 0 Å². The van der Waals surface area contributed by atoms with Gasteiger partial charge in [0.15, 0.2) is 0 Å². The number of amides is 1. The first-order chi connectivity index (χ1) is 30.0. The Labute approximate surface area is 377 Å². The molecule has 3 atom stereocenters. The maximum Gasteiger partial charge on any atom is 0.306 e. The number of rotatable bonds is 45. The Balaban J connectivity index is 4.75. The van der Waals surface area contributed by atoms with Gasteiger partial charge in [-0.1, -0.05) is 229 Å². The molecule has 61 heavy (non-hydrogen) atoms. The molecule has 3 unspecified atom stereocenters. The summed E-state index contributed by atoms with van der Waals surface area (Å²) in [6.45, 7) is 6.41. The molecule has 0 radical (unpaired) electrons.